The van der Waals surface area contributed by atoms with Gasteiger partial charge in [0.25, 0.3) is 0 Å². The Morgan fingerprint density at radius 3 is 2.40 bits per heavy atom. The Kier molecular flexibility index (Phi) is 3.68. The number of nitrogens with zero attached hydrogens (tertiary/aromatic N) is 1. The molecular weight excluding hydrogens is 186 g/mol. The molecule has 1 heterocycles. The molecule has 0 amide bonds. The Morgan fingerprint density at radius 1 is 1.13 bits per heavy atom. The number of rotatable bonds is 2. The third kappa shape index (κ3) is 2.54. The summed E-state index contributed by atoms with van der Waals surface area (Å²) in [6, 6.07) is 1.22. The van der Waals surface area contributed by atoms with E-state index in [-0.39, 0.29) is 0 Å². The van der Waals surface area contributed by atoms with E-state index in [4.69, 9.17) is 0 Å². The van der Waals surface area contributed by atoms with Crippen LogP contribution in [0.15, 0.2) is 0 Å². The van der Waals surface area contributed by atoms with E-state index in [2.05, 4.69) is 18.7 Å². The second-order valence-electron chi connectivity index (χ2n) is 5.79. The van der Waals surface area contributed by atoms with Gasteiger partial charge in [0.05, 0.1) is 6.61 Å². The summed E-state index contributed by atoms with van der Waals surface area (Å²) in [5, 5.41) is 9.36. The van der Waals surface area contributed by atoms with Gasteiger partial charge in [-0.25, -0.2) is 0 Å². The minimum atomic E-state index is 0.360. The first-order valence-corrected chi connectivity index (χ1v) is 6.57. The Labute approximate surface area is 93.7 Å². The molecule has 2 rings (SSSR count). The van der Waals surface area contributed by atoms with Gasteiger partial charge in [-0.15, -0.1) is 0 Å². The highest BCUT2D eigenvalue weighted by Crippen LogP contribution is 2.34. The third-order valence-electron chi connectivity index (χ3n) is 4.26. The molecule has 15 heavy (non-hydrogen) atoms. The maximum atomic E-state index is 9.36. The van der Waals surface area contributed by atoms with Crippen LogP contribution >= 0.6 is 0 Å². The fraction of sp³-hybridized carbons (Fsp3) is 1.00. The van der Waals surface area contributed by atoms with Crippen LogP contribution < -0.4 is 0 Å². The van der Waals surface area contributed by atoms with Crippen molar-refractivity contribution in [1.29, 1.82) is 0 Å². The van der Waals surface area contributed by atoms with Crippen LogP contribution in [0.5, 0.6) is 0 Å². The summed E-state index contributed by atoms with van der Waals surface area (Å²) in [4.78, 5) is 2.59. The molecule has 0 bridgehead atoms. The van der Waals surface area contributed by atoms with Crippen LogP contribution in [0.3, 0.4) is 0 Å². The van der Waals surface area contributed by atoms with Gasteiger partial charge in [-0.05, 0) is 50.5 Å². The first-order valence-electron chi connectivity index (χ1n) is 6.57. The lowest BCUT2D eigenvalue weighted by atomic mass is 9.79. The fourth-order valence-electron chi connectivity index (χ4n) is 3.71. The van der Waals surface area contributed by atoms with Crippen molar-refractivity contribution in [2.24, 2.45) is 11.8 Å². The van der Waals surface area contributed by atoms with Gasteiger partial charge in [-0.1, -0.05) is 13.8 Å². The van der Waals surface area contributed by atoms with E-state index in [0.29, 0.717) is 12.6 Å². The smallest absolute Gasteiger partial charge is 0.0586 e. The van der Waals surface area contributed by atoms with E-state index in [1.165, 1.54) is 38.6 Å². The summed E-state index contributed by atoms with van der Waals surface area (Å²) >= 11 is 0. The topological polar surface area (TPSA) is 23.5 Å². The third-order valence-corrected chi connectivity index (χ3v) is 4.26. The number of aliphatic hydroxyl groups excluding tert-OH is 1. The zero-order valence-electron chi connectivity index (χ0n) is 10.2. The summed E-state index contributed by atoms with van der Waals surface area (Å²) in [5.74, 6) is 1.75. The van der Waals surface area contributed by atoms with Gasteiger partial charge in [0.15, 0.2) is 0 Å². The normalized spacial score (nSPS) is 43.4. The Hall–Kier alpha value is -0.0800. The standard InChI is InChI=1S/C13H25NO/c1-10-6-11(2)8-13(7-10)14-5-3-4-12(14)9-15/h10-13,15H,3-9H2,1-2H3. The monoisotopic (exact) mass is 211 g/mol. The lowest BCUT2D eigenvalue weighted by Gasteiger charge is -2.39. The fourth-order valence-corrected chi connectivity index (χ4v) is 3.71. The molecule has 1 saturated heterocycles. The van der Waals surface area contributed by atoms with Crippen LogP contribution in [0.2, 0.25) is 0 Å². The summed E-state index contributed by atoms with van der Waals surface area (Å²) in [6.07, 6.45) is 6.58. The highest BCUT2D eigenvalue weighted by molar-refractivity contribution is 4.88. The van der Waals surface area contributed by atoms with Crippen molar-refractivity contribution >= 4 is 0 Å². The zero-order valence-corrected chi connectivity index (χ0v) is 10.2. The first-order chi connectivity index (χ1) is 7.20. The van der Waals surface area contributed by atoms with Gasteiger partial charge < -0.3 is 5.11 Å². The first kappa shape index (κ1) is 11.4. The molecule has 2 heteroatoms. The number of hydrogen-bond donors (Lipinski definition) is 1. The van der Waals surface area contributed by atoms with Gasteiger partial charge in [0, 0.05) is 12.1 Å². The van der Waals surface area contributed by atoms with Crippen LogP contribution in [0.1, 0.15) is 46.0 Å². The lowest BCUT2D eigenvalue weighted by Crippen LogP contribution is -2.44. The molecule has 1 aliphatic heterocycles. The second-order valence-corrected chi connectivity index (χ2v) is 5.79. The molecule has 1 N–H and O–H groups in total. The van der Waals surface area contributed by atoms with Crippen LogP contribution in [0.25, 0.3) is 0 Å². The predicted octanol–water partition coefficient (Wildman–Crippen LogP) is 2.27. The quantitative estimate of drug-likeness (QED) is 0.757. The van der Waals surface area contributed by atoms with Crippen molar-refractivity contribution in [1.82, 2.24) is 4.90 Å². The summed E-state index contributed by atoms with van der Waals surface area (Å²) in [7, 11) is 0. The van der Waals surface area contributed by atoms with E-state index >= 15 is 0 Å². The molecule has 2 aliphatic rings. The van der Waals surface area contributed by atoms with Gasteiger partial charge in [0.1, 0.15) is 0 Å². The highest BCUT2D eigenvalue weighted by Gasteiger charge is 2.34. The SMILES string of the molecule is CC1CC(C)CC(N2CCCC2CO)C1. The highest BCUT2D eigenvalue weighted by atomic mass is 16.3. The van der Waals surface area contributed by atoms with Crippen molar-refractivity contribution in [2.45, 2.75) is 58.0 Å². The molecule has 1 saturated carbocycles. The largest absolute Gasteiger partial charge is 0.395 e. The molecule has 0 aromatic carbocycles. The van der Waals surface area contributed by atoms with Gasteiger partial charge >= 0.3 is 0 Å². The molecule has 0 aromatic heterocycles. The van der Waals surface area contributed by atoms with Crippen LogP contribution in [0, 0.1) is 11.8 Å². The van der Waals surface area contributed by atoms with Crippen molar-refractivity contribution < 1.29 is 5.11 Å². The minimum Gasteiger partial charge on any atom is -0.395 e. The van der Waals surface area contributed by atoms with E-state index in [0.717, 1.165) is 17.9 Å². The van der Waals surface area contributed by atoms with E-state index < -0.39 is 0 Å². The van der Waals surface area contributed by atoms with E-state index in [1.807, 2.05) is 0 Å². The van der Waals surface area contributed by atoms with Crippen LogP contribution in [-0.4, -0.2) is 35.2 Å². The molecule has 3 unspecified atom stereocenters. The van der Waals surface area contributed by atoms with Crippen molar-refractivity contribution in [3.05, 3.63) is 0 Å². The summed E-state index contributed by atoms with van der Waals surface area (Å²) in [5.41, 5.74) is 0. The molecule has 2 fully saturated rings. The van der Waals surface area contributed by atoms with Crippen LogP contribution in [-0.2, 0) is 0 Å². The predicted molar refractivity (Wildman–Crippen MR) is 62.8 cm³/mol. The molecule has 1 aliphatic carbocycles. The van der Waals surface area contributed by atoms with E-state index in [1.54, 1.807) is 0 Å². The molecule has 0 spiro atoms. The molecule has 0 radical (unpaired) electrons. The zero-order chi connectivity index (χ0) is 10.8. The Morgan fingerprint density at radius 2 is 1.80 bits per heavy atom. The van der Waals surface area contributed by atoms with Gasteiger partial charge in [0.2, 0.25) is 0 Å². The van der Waals surface area contributed by atoms with Crippen LogP contribution in [0.4, 0.5) is 0 Å². The second kappa shape index (κ2) is 4.84. The summed E-state index contributed by atoms with van der Waals surface area (Å²) < 4.78 is 0. The number of likely N-dealkylation sites (tertiary alicyclic amines) is 1. The number of hydrogen-bond acceptors (Lipinski definition) is 2. The maximum absolute atomic E-state index is 9.36. The van der Waals surface area contributed by atoms with Gasteiger partial charge in [-0.3, -0.25) is 4.90 Å². The average Bonchev–Trinajstić information content (AvgIpc) is 2.63. The lowest BCUT2D eigenvalue weighted by molar-refractivity contribution is 0.0707. The molecular formula is C13H25NO. The molecule has 0 aromatic rings. The molecule has 88 valence electrons. The van der Waals surface area contributed by atoms with Crippen molar-refractivity contribution in [3.63, 3.8) is 0 Å². The maximum Gasteiger partial charge on any atom is 0.0586 e. The summed E-state index contributed by atoms with van der Waals surface area (Å²) in [6.45, 7) is 6.34. The van der Waals surface area contributed by atoms with Crippen molar-refractivity contribution in [2.75, 3.05) is 13.2 Å². The Balaban J connectivity index is 1.96. The minimum absolute atomic E-state index is 0.360. The molecule has 2 nitrogen and oxygen atoms in total. The van der Waals surface area contributed by atoms with Gasteiger partial charge in [-0.2, -0.15) is 0 Å². The average molecular weight is 211 g/mol. The van der Waals surface area contributed by atoms with E-state index in [9.17, 15) is 5.11 Å². The van der Waals surface area contributed by atoms with Crippen molar-refractivity contribution in [3.8, 4) is 0 Å². The molecule has 3 atom stereocenters. The Bertz CT molecular complexity index is 197. The number of aliphatic hydroxyl groups is 1.